The van der Waals surface area contributed by atoms with Crippen LogP contribution in [0.1, 0.15) is 36.7 Å². The zero-order chi connectivity index (χ0) is 45.5. The molecule has 0 aromatic carbocycles. The molecule has 6 heterocycles. The van der Waals surface area contributed by atoms with E-state index in [0.717, 1.165) is 0 Å². The summed E-state index contributed by atoms with van der Waals surface area (Å²) in [5.41, 5.74) is 0.886. The van der Waals surface area contributed by atoms with E-state index in [1.165, 1.54) is 79.5 Å². The van der Waals surface area contributed by atoms with Gasteiger partial charge in [-0.15, -0.1) is 43.9 Å². The van der Waals surface area contributed by atoms with Gasteiger partial charge in [-0.25, -0.2) is 0 Å². The zero-order valence-corrected chi connectivity index (χ0v) is 46.3. The van der Waals surface area contributed by atoms with Crippen LogP contribution in [0.5, 0.6) is 0 Å². The molecule has 0 saturated carbocycles. The van der Waals surface area contributed by atoms with Crippen LogP contribution in [0.2, 0.25) is 0 Å². The van der Waals surface area contributed by atoms with Crippen molar-refractivity contribution in [3.05, 3.63) is 32.6 Å². The number of aromatic nitrogens is 4. The average molecular weight is 1100 g/mol. The summed E-state index contributed by atoms with van der Waals surface area (Å²) in [4.78, 5) is 52.2. The molecule has 0 spiro atoms. The van der Waals surface area contributed by atoms with E-state index in [1.54, 1.807) is 0 Å². The fraction of sp³-hybridized carbons (Fsp3) is 0.533. The standard InChI is InChI=1S/2C15H19N5O6S5.2Na/c2*1-2-8(27)17-10-12(21)20-11(14(22)23)7(4-28-13(10)20)5-29-15-19-18-9(30-15)3-16-6-31(24,25)26;;/h2*10,13,16H,2-6H2,1H3,(H,17,27)(H,22,23)(H,24,25,26);;/q;;2*+1/p-2/t2*10?,13-;;/m11../s1. The van der Waals surface area contributed by atoms with Crippen LogP contribution in [0.25, 0.3) is 0 Å². The number of fused-ring (bicyclic) bond motifs is 2. The minimum absolute atomic E-state index is 0. The van der Waals surface area contributed by atoms with Crippen LogP contribution in [0.3, 0.4) is 0 Å². The SMILES string of the molecule is CCC(=S)NC1C(=O)N2C(C(=O)[O-])=C(CSc3nnc(CNCS(=O)(=O)O)s3)CS[C@H]12.CCC(=S)NC1C(=O)N2C(C(=O)[O-])=C(CSc3nnc(CNCS(=O)(=O)O)s3)CS[C@H]12.[Na+].[Na+]. The molecule has 64 heavy (non-hydrogen) atoms. The van der Waals surface area contributed by atoms with Crippen LogP contribution in [-0.2, 0) is 52.5 Å². The Morgan fingerprint density at radius 3 is 1.39 bits per heavy atom. The van der Waals surface area contributed by atoms with Gasteiger partial charge in [-0.1, -0.05) is 84.5 Å². The third-order valence-electron chi connectivity index (χ3n) is 8.51. The normalized spacial score (nSPS) is 20.3. The minimum Gasteiger partial charge on any atom is -0.543 e. The largest absolute Gasteiger partial charge is 1.00 e. The molecule has 340 valence electrons. The fourth-order valence-electron chi connectivity index (χ4n) is 5.72. The molecule has 34 heteroatoms. The Kier molecular flexibility index (Phi) is 23.3. The number of carbonyl (C=O) groups is 4. The molecule has 2 fully saturated rings. The monoisotopic (exact) mass is 1090 g/mol. The number of carboxylic acids is 2. The Bertz CT molecular complexity index is 2230. The van der Waals surface area contributed by atoms with Crippen molar-refractivity contribution in [1.29, 1.82) is 0 Å². The first-order chi connectivity index (χ1) is 29.2. The van der Waals surface area contributed by atoms with Crippen molar-refractivity contribution in [3.63, 3.8) is 0 Å². The smallest absolute Gasteiger partial charge is 0.543 e. The number of thioether (sulfide) groups is 4. The molecule has 2 unspecified atom stereocenters. The summed E-state index contributed by atoms with van der Waals surface area (Å²) in [7, 11) is -8.24. The second kappa shape index (κ2) is 25.8. The van der Waals surface area contributed by atoms with E-state index in [4.69, 9.17) is 33.5 Å². The number of nitrogens with one attached hydrogen (secondary N) is 4. The van der Waals surface area contributed by atoms with Crippen LogP contribution in [-0.4, -0.2) is 147 Å². The van der Waals surface area contributed by atoms with E-state index in [2.05, 4.69) is 41.7 Å². The van der Waals surface area contributed by atoms with E-state index in [0.29, 0.717) is 64.2 Å². The maximum Gasteiger partial charge on any atom is 1.00 e. The molecule has 2 aromatic heterocycles. The van der Waals surface area contributed by atoms with E-state index in [-0.39, 0.29) is 118 Å². The number of amides is 2. The summed E-state index contributed by atoms with van der Waals surface area (Å²) in [6, 6.07) is -1.08. The summed E-state index contributed by atoms with van der Waals surface area (Å²) in [5, 5.41) is 50.7. The molecule has 22 nitrogen and oxygen atoms in total. The van der Waals surface area contributed by atoms with Gasteiger partial charge in [0.15, 0.2) is 8.68 Å². The average Bonchev–Trinajstić information content (AvgIpc) is 3.87. The third kappa shape index (κ3) is 15.7. The number of nitrogens with zero attached hydrogens (tertiary/aromatic N) is 6. The van der Waals surface area contributed by atoms with Crippen LogP contribution in [0.15, 0.2) is 31.2 Å². The first-order valence-electron chi connectivity index (χ1n) is 17.8. The number of hydrogen-bond donors (Lipinski definition) is 6. The number of β-lactam (4-membered cyclic amide) rings is 2. The summed E-state index contributed by atoms with van der Waals surface area (Å²) < 4.78 is 61.4. The van der Waals surface area contributed by atoms with Crippen LogP contribution in [0, 0.1) is 0 Å². The van der Waals surface area contributed by atoms with Gasteiger partial charge in [-0.2, -0.15) is 16.8 Å². The number of rotatable bonds is 20. The number of carbonyl (C=O) groups excluding carboxylic acids is 4. The van der Waals surface area contributed by atoms with Gasteiger partial charge < -0.3 is 30.4 Å². The molecule has 0 bridgehead atoms. The Labute approximate surface area is 447 Å². The first-order valence-corrected chi connectivity index (χ1v) is 27.5. The number of thiocarbonyl (C=S) groups is 2. The van der Waals surface area contributed by atoms with Crippen molar-refractivity contribution in [2.24, 2.45) is 0 Å². The van der Waals surface area contributed by atoms with Gasteiger partial charge in [0.2, 0.25) is 0 Å². The Morgan fingerprint density at radius 1 is 0.719 bits per heavy atom. The van der Waals surface area contributed by atoms with Crippen LogP contribution >= 0.6 is 94.2 Å². The van der Waals surface area contributed by atoms with Crippen LogP contribution in [0.4, 0.5) is 0 Å². The fourth-order valence-corrected chi connectivity index (χ4v) is 13.4. The van der Waals surface area contributed by atoms with E-state index in [1.807, 2.05) is 13.8 Å². The van der Waals surface area contributed by atoms with Crippen LogP contribution < -0.4 is 90.6 Å². The van der Waals surface area contributed by atoms with E-state index < -0.39 is 56.0 Å². The van der Waals surface area contributed by atoms with Gasteiger partial charge in [0.1, 0.15) is 44.6 Å². The second-order valence-electron chi connectivity index (χ2n) is 12.9. The maximum atomic E-state index is 12.5. The Hall–Kier alpha value is -0.600. The van der Waals surface area contributed by atoms with Crippen molar-refractivity contribution < 1.29 is 114 Å². The molecule has 4 atom stereocenters. The summed E-state index contributed by atoms with van der Waals surface area (Å²) in [6.07, 6.45) is 1.19. The molecule has 0 radical (unpaired) electrons. The predicted octanol–water partition coefficient (Wildman–Crippen LogP) is -7.63. The van der Waals surface area contributed by atoms with Gasteiger partial charge in [0.25, 0.3) is 32.1 Å². The summed E-state index contributed by atoms with van der Waals surface area (Å²) >= 11 is 18.1. The molecule has 0 aliphatic carbocycles. The van der Waals surface area contributed by atoms with Crippen molar-refractivity contribution in [2.45, 2.75) is 71.3 Å². The van der Waals surface area contributed by atoms with Gasteiger partial charge in [-0.05, 0) is 24.0 Å². The molecule has 4 aliphatic heterocycles. The van der Waals surface area contributed by atoms with Gasteiger partial charge in [0, 0.05) is 23.0 Å². The Balaban J connectivity index is 0.000000330. The number of hydrogen-bond acceptors (Lipinski definition) is 24. The molecule has 2 aromatic rings. The zero-order valence-electron chi connectivity index (χ0n) is 34.1. The van der Waals surface area contributed by atoms with Gasteiger partial charge >= 0.3 is 59.1 Å². The molecule has 6 N–H and O–H groups in total. The van der Waals surface area contributed by atoms with Crippen molar-refractivity contribution in [3.8, 4) is 0 Å². The Morgan fingerprint density at radius 2 is 1.08 bits per heavy atom. The second-order valence-corrected chi connectivity index (χ2v) is 23.6. The molecular weight excluding hydrogens is 1060 g/mol. The molecule has 2 amide bonds. The summed E-state index contributed by atoms with van der Waals surface area (Å²) in [5.74, 6) is -3.30. The first kappa shape index (κ1) is 57.7. The van der Waals surface area contributed by atoms with Crippen molar-refractivity contribution in [2.75, 3.05) is 34.8 Å². The number of carboxylic acid groups (broad SMARTS) is 2. The molecule has 6 rings (SSSR count). The van der Waals surface area contributed by atoms with E-state index >= 15 is 0 Å². The quantitative estimate of drug-likeness (QED) is 0.0236. The van der Waals surface area contributed by atoms with Crippen molar-refractivity contribution >= 4 is 148 Å². The van der Waals surface area contributed by atoms with Crippen molar-refractivity contribution in [1.82, 2.24) is 51.5 Å². The molecule has 2 saturated heterocycles. The maximum absolute atomic E-state index is 12.5. The van der Waals surface area contributed by atoms with Gasteiger partial charge in [-0.3, -0.25) is 39.1 Å². The van der Waals surface area contributed by atoms with E-state index in [9.17, 15) is 46.2 Å². The van der Waals surface area contributed by atoms with Gasteiger partial charge in [0.05, 0.1) is 46.4 Å². The summed E-state index contributed by atoms with van der Waals surface area (Å²) in [6.45, 7) is 3.96. The minimum atomic E-state index is -4.12. The molecule has 4 aliphatic rings. The number of aliphatic carboxylic acids is 2. The molecular formula is C30H36N10Na2O12S10. The topological polar surface area (TPSA) is 329 Å². The predicted molar refractivity (Wildman–Crippen MR) is 238 cm³/mol. The third-order valence-corrected chi connectivity index (χ3v) is 17.4.